The van der Waals surface area contributed by atoms with Crippen molar-refractivity contribution in [3.05, 3.63) is 81.6 Å². The highest BCUT2D eigenvalue weighted by Gasteiger charge is 2.15. The van der Waals surface area contributed by atoms with Crippen LogP contribution in [0.4, 0.5) is 5.69 Å². The Balaban J connectivity index is 1.85. The molecule has 5 heteroatoms. The highest BCUT2D eigenvalue weighted by Crippen LogP contribution is 2.24. The summed E-state index contributed by atoms with van der Waals surface area (Å²) >= 11 is 2.24. The van der Waals surface area contributed by atoms with Crippen LogP contribution in [0.2, 0.25) is 0 Å². The predicted molar refractivity (Wildman–Crippen MR) is 103 cm³/mol. The molecule has 0 unspecified atom stereocenters. The second kappa shape index (κ2) is 7.44. The number of carbonyl (C=O) groups is 1. The molecule has 0 fully saturated rings. The Morgan fingerprint density at radius 3 is 2.62 bits per heavy atom. The van der Waals surface area contributed by atoms with Gasteiger partial charge in [0, 0.05) is 15.5 Å². The van der Waals surface area contributed by atoms with E-state index in [9.17, 15) is 4.79 Å². The Hall–Kier alpha value is -2.41. The molecule has 2 aromatic carbocycles. The third kappa shape index (κ3) is 3.91. The monoisotopic (exact) mass is 430 g/mol. The number of anilines is 1. The molecular formula is C19H15IN2O2. The van der Waals surface area contributed by atoms with Crippen LogP contribution >= 0.6 is 22.6 Å². The van der Waals surface area contributed by atoms with Gasteiger partial charge in [0.15, 0.2) is 0 Å². The molecule has 0 aliphatic rings. The summed E-state index contributed by atoms with van der Waals surface area (Å²) in [6.07, 6.45) is 1.60. The van der Waals surface area contributed by atoms with E-state index in [-0.39, 0.29) is 11.8 Å². The summed E-state index contributed by atoms with van der Waals surface area (Å²) in [5.41, 5.74) is 2.17. The Morgan fingerprint density at radius 1 is 1.08 bits per heavy atom. The Bertz CT molecular complexity index is 866. The lowest BCUT2D eigenvalue weighted by molar-refractivity contribution is 0.102. The zero-order chi connectivity index (χ0) is 16.9. The quantitative estimate of drug-likeness (QED) is 0.591. The fourth-order valence-corrected chi connectivity index (χ4v) is 2.85. The lowest BCUT2D eigenvalue weighted by Gasteiger charge is -2.12. The minimum absolute atomic E-state index is 0.252. The molecule has 0 aliphatic carbocycles. The molecule has 0 saturated carbocycles. The van der Waals surface area contributed by atoms with Gasteiger partial charge in [-0.1, -0.05) is 18.2 Å². The molecule has 1 heterocycles. The molecular weight excluding hydrogens is 415 g/mol. The van der Waals surface area contributed by atoms with Crippen LogP contribution in [0, 0.1) is 10.5 Å². The van der Waals surface area contributed by atoms with Crippen molar-refractivity contribution in [1.29, 1.82) is 0 Å². The second-order valence-corrected chi connectivity index (χ2v) is 6.43. The molecule has 3 aromatic rings. The molecule has 0 atom stereocenters. The van der Waals surface area contributed by atoms with E-state index in [2.05, 4.69) is 32.9 Å². The maximum Gasteiger partial charge on any atom is 0.261 e. The van der Waals surface area contributed by atoms with Crippen molar-refractivity contribution in [1.82, 2.24) is 4.98 Å². The first-order valence-electron chi connectivity index (χ1n) is 7.39. The number of hydrogen-bond donors (Lipinski definition) is 1. The van der Waals surface area contributed by atoms with E-state index in [0.29, 0.717) is 11.3 Å². The van der Waals surface area contributed by atoms with Gasteiger partial charge in [0.2, 0.25) is 5.88 Å². The van der Waals surface area contributed by atoms with Crippen molar-refractivity contribution >= 4 is 34.2 Å². The number of nitrogens with one attached hydrogen (secondary N) is 1. The van der Waals surface area contributed by atoms with Gasteiger partial charge in [-0.15, -0.1) is 0 Å². The fraction of sp³-hybridized carbons (Fsp3) is 0.0526. The van der Waals surface area contributed by atoms with Gasteiger partial charge in [0.25, 0.3) is 5.91 Å². The summed E-state index contributed by atoms with van der Waals surface area (Å²) in [7, 11) is 0. The lowest BCUT2D eigenvalue weighted by atomic mass is 10.2. The average molecular weight is 430 g/mol. The van der Waals surface area contributed by atoms with Crippen LogP contribution in [0.5, 0.6) is 11.6 Å². The molecule has 0 spiro atoms. The summed E-state index contributed by atoms with van der Waals surface area (Å²) in [6, 6.07) is 18.5. The average Bonchev–Trinajstić information content (AvgIpc) is 2.59. The van der Waals surface area contributed by atoms with Crippen LogP contribution in [0.1, 0.15) is 15.9 Å². The van der Waals surface area contributed by atoms with Crippen molar-refractivity contribution in [2.24, 2.45) is 0 Å². The summed E-state index contributed by atoms with van der Waals surface area (Å²) in [6.45, 7) is 1.96. The van der Waals surface area contributed by atoms with Gasteiger partial charge in [-0.3, -0.25) is 4.79 Å². The van der Waals surface area contributed by atoms with E-state index in [4.69, 9.17) is 4.74 Å². The lowest BCUT2D eigenvalue weighted by Crippen LogP contribution is -2.14. The first-order valence-corrected chi connectivity index (χ1v) is 8.47. The van der Waals surface area contributed by atoms with Gasteiger partial charge >= 0.3 is 0 Å². The van der Waals surface area contributed by atoms with Crippen LogP contribution in [-0.4, -0.2) is 10.9 Å². The molecule has 4 nitrogen and oxygen atoms in total. The van der Waals surface area contributed by atoms with Gasteiger partial charge in [-0.05, 0) is 77.5 Å². The van der Waals surface area contributed by atoms with Gasteiger partial charge in [-0.2, -0.15) is 0 Å². The molecule has 0 radical (unpaired) electrons. The largest absolute Gasteiger partial charge is 0.438 e. The maximum atomic E-state index is 12.6. The minimum Gasteiger partial charge on any atom is -0.438 e. The number of hydrogen-bond acceptors (Lipinski definition) is 3. The van der Waals surface area contributed by atoms with Gasteiger partial charge in [-0.25, -0.2) is 4.98 Å². The Kier molecular flexibility index (Phi) is 5.10. The number of pyridine rings is 1. The number of para-hydroxylation sites is 1. The molecule has 3 rings (SSSR count). The van der Waals surface area contributed by atoms with E-state index in [1.165, 1.54) is 0 Å². The van der Waals surface area contributed by atoms with Crippen molar-refractivity contribution in [2.75, 3.05) is 5.32 Å². The third-order valence-electron chi connectivity index (χ3n) is 3.41. The maximum absolute atomic E-state index is 12.6. The molecule has 0 aliphatic heterocycles. The number of nitrogens with zero attached hydrogens (tertiary/aromatic N) is 1. The molecule has 1 N–H and O–H groups in total. The van der Waals surface area contributed by atoms with Crippen molar-refractivity contribution < 1.29 is 9.53 Å². The predicted octanol–water partition coefficient (Wildman–Crippen LogP) is 5.04. The number of benzene rings is 2. The standard InChI is InChI=1S/C19H15IN2O2/c1-13-12-14(20)9-10-17(13)22-18(23)16-8-5-11-21-19(16)24-15-6-3-2-4-7-15/h2-12H,1H3,(H,22,23). The van der Waals surface area contributed by atoms with E-state index < -0.39 is 0 Å². The van der Waals surface area contributed by atoms with Crippen LogP contribution in [0.15, 0.2) is 66.9 Å². The number of ether oxygens (including phenoxy) is 1. The van der Waals surface area contributed by atoms with E-state index in [0.717, 1.165) is 14.8 Å². The first-order chi connectivity index (χ1) is 11.6. The van der Waals surface area contributed by atoms with Gasteiger partial charge < -0.3 is 10.1 Å². The molecule has 0 bridgehead atoms. The third-order valence-corrected chi connectivity index (χ3v) is 4.08. The highest BCUT2D eigenvalue weighted by molar-refractivity contribution is 14.1. The number of carbonyl (C=O) groups excluding carboxylic acids is 1. The fourth-order valence-electron chi connectivity index (χ4n) is 2.20. The van der Waals surface area contributed by atoms with Crippen molar-refractivity contribution in [3.63, 3.8) is 0 Å². The number of aryl methyl sites for hydroxylation is 1. The molecule has 120 valence electrons. The van der Waals surface area contributed by atoms with Gasteiger partial charge in [0.1, 0.15) is 11.3 Å². The smallest absolute Gasteiger partial charge is 0.261 e. The normalized spacial score (nSPS) is 10.2. The number of aromatic nitrogens is 1. The van der Waals surface area contributed by atoms with Crippen molar-refractivity contribution in [3.8, 4) is 11.6 Å². The zero-order valence-electron chi connectivity index (χ0n) is 13.0. The first kappa shape index (κ1) is 16.4. The second-order valence-electron chi connectivity index (χ2n) is 5.18. The molecule has 24 heavy (non-hydrogen) atoms. The molecule has 1 amide bonds. The number of halogens is 1. The van der Waals surface area contributed by atoms with Gasteiger partial charge in [0.05, 0.1) is 0 Å². The van der Waals surface area contributed by atoms with Crippen LogP contribution in [0.25, 0.3) is 0 Å². The summed E-state index contributed by atoms with van der Waals surface area (Å²) in [5, 5.41) is 2.92. The molecule has 1 aromatic heterocycles. The minimum atomic E-state index is -0.252. The topological polar surface area (TPSA) is 51.2 Å². The summed E-state index contributed by atoms with van der Waals surface area (Å²) in [4.78, 5) is 16.8. The summed E-state index contributed by atoms with van der Waals surface area (Å²) < 4.78 is 6.87. The Labute approximate surface area is 154 Å². The highest BCUT2D eigenvalue weighted by atomic mass is 127. The van der Waals surface area contributed by atoms with Crippen LogP contribution in [-0.2, 0) is 0 Å². The zero-order valence-corrected chi connectivity index (χ0v) is 15.2. The molecule has 0 saturated heterocycles. The van der Waals surface area contributed by atoms with Crippen LogP contribution in [0.3, 0.4) is 0 Å². The summed E-state index contributed by atoms with van der Waals surface area (Å²) in [5.74, 6) is 0.665. The Morgan fingerprint density at radius 2 is 1.88 bits per heavy atom. The SMILES string of the molecule is Cc1cc(I)ccc1NC(=O)c1cccnc1Oc1ccccc1. The van der Waals surface area contributed by atoms with Crippen molar-refractivity contribution in [2.45, 2.75) is 6.92 Å². The van der Waals surface area contributed by atoms with E-state index >= 15 is 0 Å². The number of rotatable bonds is 4. The van der Waals surface area contributed by atoms with Crippen LogP contribution < -0.4 is 10.1 Å². The van der Waals surface area contributed by atoms with E-state index in [1.54, 1.807) is 18.3 Å². The van der Waals surface area contributed by atoms with E-state index in [1.807, 2.05) is 55.5 Å². The number of amides is 1.